The average Bonchev–Trinajstić information content (AvgIpc) is 2.97. The molecule has 0 spiro atoms. The van der Waals surface area contributed by atoms with Gasteiger partial charge in [0, 0.05) is 44.0 Å². The Kier molecular flexibility index (Phi) is 8.75. The van der Waals surface area contributed by atoms with Crippen LogP contribution in [-0.2, 0) is 26.0 Å². The van der Waals surface area contributed by atoms with Crippen LogP contribution in [0.25, 0.3) is 0 Å². The van der Waals surface area contributed by atoms with Crippen LogP contribution < -0.4 is 5.32 Å². The lowest BCUT2D eigenvalue weighted by Crippen LogP contribution is -2.48. The van der Waals surface area contributed by atoms with E-state index >= 15 is 0 Å². The van der Waals surface area contributed by atoms with Gasteiger partial charge in [0.15, 0.2) is 0 Å². The van der Waals surface area contributed by atoms with Crippen LogP contribution in [0.2, 0.25) is 0 Å². The van der Waals surface area contributed by atoms with Crippen LogP contribution in [0.1, 0.15) is 36.6 Å². The molecule has 3 aromatic carbocycles. The lowest BCUT2D eigenvalue weighted by molar-refractivity contribution is 0.0598. The Morgan fingerprint density at radius 3 is 1.97 bits per heavy atom. The molecule has 0 atom stereocenters. The molecule has 11 heteroatoms. The van der Waals surface area contributed by atoms with Crippen LogP contribution >= 0.6 is 0 Å². The molecule has 10 nitrogen and oxygen atoms in total. The standard InChI is InChI=1S/C28H29N3O7S/c1-37-27(33)22-16-23(28(34)38-2)18-24(17-22)29-26(32)21-8-6-7-20(15-21)19-30-11-13-31(14-12-30)39(35,36)25-9-4-3-5-10-25/h3-10,15-18H,11-14,19H2,1-2H3,(H,29,32). The van der Waals surface area contributed by atoms with Gasteiger partial charge in [0.1, 0.15) is 0 Å². The number of nitrogens with zero attached hydrogens (tertiary/aromatic N) is 2. The molecule has 204 valence electrons. The fourth-order valence-electron chi connectivity index (χ4n) is 4.31. The van der Waals surface area contributed by atoms with E-state index in [1.807, 2.05) is 6.07 Å². The number of ether oxygens (including phenoxy) is 2. The number of hydrogen-bond donors (Lipinski definition) is 1. The first kappa shape index (κ1) is 28.0. The molecule has 1 heterocycles. The number of methoxy groups -OCH3 is 2. The van der Waals surface area contributed by atoms with E-state index in [2.05, 4.69) is 10.2 Å². The first-order valence-corrected chi connectivity index (χ1v) is 13.6. The van der Waals surface area contributed by atoms with Crippen molar-refractivity contribution in [3.05, 3.63) is 95.1 Å². The van der Waals surface area contributed by atoms with Gasteiger partial charge in [-0.1, -0.05) is 30.3 Å². The van der Waals surface area contributed by atoms with Crippen LogP contribution in [0.5, 0.6) is 0 Å². The quantitative estimate of drug-likeness (QED) is 0.424. The zero-order valence-corrected chi connectivity index (χ0v) is 22.4. The number of sulfonamides is 1. The first-order valence-electron chi connectivity index (χ1n) is 12.2. The van der Waals surface area contributed by atoms with Gasteiger partial charge in [0.05, 0.1) is 30.2 Å². The smallest absolute Gasteiger partial charge is 0.337 e. The lowest BCUT2D eigenvalue weighted by Gasteiger charge is -2.34. The van der Waals surface area contributed by atoms with E-state index < -0.39 is 27.9 Å². The van der Waals surface area contributed by atoms with Crippen LogP contribution in [0.3, 0.4) is 0 Å². The molecule has 1 saturated heterocycles. The highest BCUT2D eigenvalue weighted by Gasteiger charge is 2.28. The maximum atomic E-state index is 13.0. The summed E-state index contributed by atoms with van der Waals surface area (Å²) in [6.45, 7) is 2.40. The van der Waals surface area contributed by atoms with Crippen molar-refractivity contribution in [1.29, 1.82) is 0 Å². The molecule has 0 unspecified atom stereocenters. The van der Waals surface area contributed by atoms with Crippen molar-refractivity contribution in [2.75, 3.05) is 45.7 Å². The van der Waals surface area contributed by atoms with Gasteiger partial charge in [-0.05, 0) is 48.0 Å². The minimum Gasteiger partial charge on any atom is -0.465 e. The minimum atomic E-state index is -3.53. The number of hydrogen-bond acceptors (Lipinski definition) is 8. The van der Waals surface area contributed by atoms with E-state index in [4.69, 9.17) is 9.47 Å². The zero-order chi connectivity index (χ0) is 28.0. The van der Waals surface area contributed by atoms with E-state index in [-0.39, 0.29) is 21.7 Å². The van der Waals surface area contributed by atoms with Crippen molar-refractivity contribution in [3.63, 3.8) is 0 Å². The molecule has 1 amide bonds. The Bertz CT molecular complexity index is 1430. The fraction of sp³-hybridized carbons (Fsp3) is 0.250. The molecule has 0 radical (unpaired) electrons. The van der Waals surface area contributed by atoms with Crippen molar-refractivity contribution in [3.8, 4) is 0 Å². The molecule has 0 saturated carbocycles. The molecule has 1 aliphatic heterocycles. The second kappa shape index (κ2) is 12.2. The predicted octanol–water partition coefficient (Wildman–Crippen LogP) is 3.02. The average molecular weight is 552 g/mol. The molecule has 39 heavy (non-hydrogen) atoms. The van der Waals surface area contributed by atoms with Gasteiger partial charge in [0.25, 0.3) is 5.91 Å². The summed E-state index contributed by atoms with van der Waals surface area (Å²) in [5, 5.41) is 2.72. The molecule has 3 aromatic rings. The summed E-state index contributed by atoms with van der Waals surface area (Å²) in [5.41, 5.74) is 1.71. The number of carbonyl (C=O) groups is 3. The third-order valence-corrected chi connectivity index (χ3v) is 8.25. The van der Waals surface area contributed by atoms with Crippen molar-refractivity contribution in [2.24, 2.45) is 0 Å². The minimum absolute atomic E-state index is 0.0953. The maximum Gasteiger partial charge on any atom is 0.337 e. The van der Waals surface area contributed by atoms with Crippen LogP contribution in [0.15, 0.2) is 77.7 Å². The molecule has 1 aliphatic rings. The summed E-state index contributed by atoms with van der Waals surface area (Å²) < 4.78 is 36.7. The van der Waals surface area contributed by atoms with Gasteiger partial charge in [0.2, 0.25) is 10.0 Å². The third-order valence-electron chi connectivity index (χ3n) is 6.34. The maximum absolute atomic E-state index is 13.0. The number of piperazine rings is 1. The topological polar surface area (TPSA) is 122 Å². The van der Waals surface area contributed by atoms with Gasteiger partial charge in [-0.25, -0.2) is 18.0 Å². The second-order valence-corrected chi connectivity index (χ2v) is 10.9. The van der Waals surface area contributed by atoms with Crippen molar-refractivity contribution in [2.45, 2.75) is 11.4 Å². The molecular formula is C28H29N3O7S. The zero-order valence-electron chi connectivity index (χ0n) is 21.6. The highest BCUT2D eigenvalue weighted by Crippen LogP contribution is 2.20. The summed E-state index contributed by atoms with van der Waals surface area (Å²) in [6.07, 6.45) is 0. The van der Waals surface area contributed by atoms with E-state index in [0.29, 0.717) is 38.3 Å². The number of carbonyl (C=O) groups excluding carboxylic acids is 3. The van der Waals surface area contributed by atoms with Crippen LogP contribution in [-0.4, -0.2) is 75.9 Å². The highest BCUT2D eigenvalue weighted by atomic mass is 32.2. The molecule has 0 bridgehead atoms. The first-order chi connectivity index (χ1) is 18.7. The van der Waals surface area contributed by atoms with Gasteiger partial charge in [-0.2, -0.15) is 4.31 Å². The predicted molar refractivity (Wildman–Crippen MR) is 144 cm³/mol. The molecule has 4 rings (SSSR count). The Hall–Kier alpha value is -4.06. The summed E-state index contributed by atoms with van der Waals surface area (Å²) >= 11 is 0. The SMILES string of the molecule is COC(=O)c1cc(NC(=O)c2cccc(CN3CCN(S(=O)(=O)c4ccccc4)CC3)c2)cc(C(=O)OC)c1. The molecular weight excluding hydrogens is 522 g/mol. The van der Waals surface area contributed by atoms with E-state index in [1.165, 1.54) is 36.7 Å². The normalized spacial score (nSPS) is 14.4. The summed E-state index contributed by atoms with van der Waals surface area (Å²) in [6, 6.07) is 19.7. The Labute approximate surface area is 227 Å². The lowest BCUT2D eigenvalue weighted by atomic mass is 10.1. The van der Waals surface area contributed by atoms with E-state index in [9.17, 15) is 22.8 Å². The van der Waals surface area contributed by atoms with E-state index in [0.717, 1.165) is 5.56 Å². The number of benzene rings is 3. The molecule has 1 fully saturated rings. The number of anilines is 1. The highest BCUT2D eigenvalue weighted by molar-refractivity contribution is 7.89. The van der Waals surface area contributed by atoms with Gasteiger partial charge in [-0.15, -0.1) is 0 Å². The van der Waals surface area contributed by atoms with Crippen LogP contribution in [0.4, 0.5) is 5.69 Å². The summed E-state index contributed by atoms with van der Waals surface area (Å²) in [4.78, 5) is 39.5. The van der Waals surface area contributed by atoms with Crippen molar-refractivity contribution < 1.29 is 32.3 Å². The Morgan fingerprint density at radius 1 is 0.769 bits per heavy atom. The van der Waals surface area contributed by atoms with Gasteiger partial charge in [-0.3, -0.25) is 9.69 Å². The van der Waals surface area contributed by atoms with Crippen molar-refractivity contribution in [1.82, 2.24) is 9.21 Å². The summed E-state index contributed by atoms with van der Waals surface area (Å²) in [5.74, 6) is -1.74. The number of rotatable bonds is 8. The number of nitrogens with one attached hydrogen (secondary N) is 1. The Morgan fingerprint density at radius 2 is 1.38 bits per heavy atom. The number of amides is 1. The molecule has 0 aliphatic carbocycles. The van der Waals surface area contributed by atoms with Gasteiger partial charge >= 0.3 is 11.9 Å². The summed E-state index contributed by atoms with van der Waals surface area (Å²) in [7, 11) is -1.09. The molecule has 0 aromatic heterocycles. The third kappa shape index (κ3) is 6.69. The van der Waals surface area contributed by atoms with Crippen molar-refractivity contribution >= 4 is 33.6 Å². The monoisotopic (exact) mass is 551 g/mol. The van der Waals surface area contributed by atoms with Crippen LogP contribution in [0, 0.1) is 0 Å². The second-order valence-electron chi connectivity index (χ2n) is 8.93. The van der Waals surface area contributed by atoms with E-state index in [1.54, 1.807) is 48.5 Å². The largest absolute Gasteiger partial charge is 0.465 e. The fourth-order valence-corrected chi connectivity index (χ4v) is 5.76. The number of esters is 2. The Balaban J connectivity index is 1.41. The van der Waals surface area contributed by atoms with Gasteiger partial charge < -0.3 is 14.8 Å². The molecule has 1 N–H and O–H groups in total.